The van der Waals surface area contributed by atoms with Crippen molar-refractivity contribution in [1.29, 1.82) is 0 Å². The van der Waals surface area contributed by atoms with Gasteiger partial charge in [0.1, 0.15) is 0 Å². The van der Waals surface area contributed by atoms with E-state index in [4.69, 9.17) is 5.73 Å². The Kier molecular flexibility index (Phi) is 9.37. The fourth-order valence-electron chi connectivity index (χ4n) is 5.24. The normalized spacial score (nSPS) is 31.7. The highest BCUT2D eigenvalue weighted by molar-refractivity contribution is 5.85. The first-order valence-electron chi connectivity index (χ1n) is 11.0. The van der Waals surface area contributed by atoms with Gasteiger partial charge < -0.3 is 16.4 Å². The summed E-state index contributed by atoms with van der Waals surface area (Å²) < 4.78 is 0. The van der Waals surface area contributed by atoms with E-state index >= 15 is 0 Å². The van der Waals surface area contributed by atoms with Crippen LogP contribution in [-0.2, 0) is 9.59 Å². The molecule has 0 bridgehead atoms. The zero-order chi connectivity index (χ0) is 18.4. The second-order valence-electron chi connectivity index (χ2n) is 8.87. The van der Waals surface area contributed by atoms with Crippen LogP contribution in [0.15, 0.2) is 0 Å². The van der Waals surface area contributed by atoms with Crippen LogP contribution in [0.4, 0.5) is 0 Å². The van der Waals surface area contributed by atoms with E-state index in [0.29, 0.717) is 24.8 Å². The first-order valence-corrected chi connectivity index (χ1v) is 11.0. The average Bonchev–Trinajstić information content (AvgIpc) is 3.15. The van der Waals surface area contributed by atoms with Gasteiger partial charge in [-0.2, -0.15) is 0 Å². The van der Waals surface area contributed by atoms with Gasteiger partial charge in [-0.15, -0.1) is 12.4 Å². The predicted molar refractivity (Wildman–Crippen MR) is 111 cm³/mol. The number of halogens is 1. The van der Waals surface area contributed by atoms with E-state index in [1.165, 1.54) is 38.5 Å². The lowest BCUT2D eigenvalue weighted by atomic mass is 9.82. The molecular weight excluding hydrogens is 362 g/mol. The summed E-state index contributed by atoms with van der Waals surface area (Å²) in [5, 5.41) is 6.50. The quantitative estimate of drug-likeness (QED) is 0.640. The van der Waals surface area contributed by atoms with Gasteiger partial charge in [-0.3, -0.25) is 9.59 Å². The topological polar surface area (TPSA) is 84.2 Å². The molecule has 27 heavy (non-hydrogen) atoms. The van der Waals surface area contributed by atoms with Gasteiger partial charge in [0.2, 0.25) is 11.8 Å². The molecule has 3 saturated carbocycles. The highest BCUT2D eigenvalue weighted by Crippen LogP contribution is 2.29. The number of carbonyl (C=O) groups is 2. The SMILES string of the molecule is Cl.NCC1CCCCC1NC(=O)C1CCC(NC(=O)CC2CCCC2)CC1. The lowest BCUT2D eigenvalue weighted by molar-refractivity contribution is -0.127. The number of hydrogen-bond acceptors (Lipinski definition) is 3. The Hall–Kier alpha value is -0.810. The maximum absolute atomic E-state index is 12.6. The van der Waals surface area contributed by atoms with E-state index in [-0.39, 0.29) is 42.2 Å². The molecule has 3 fully saturated rings. The first kappa shape index (κ1) is 22.5. The molecule has 0 aromatic heterocycles. The van der Waals surface area contributed by atoms with Gasteiger partial charge in [0.05, 0.1) is 0 Å². The number of amides is 2. The van der Waals surface area contributed by atoms with Crippen LogP contribution in [0.1, 0.15) is 83.5 Å². The van der Waals surface area contributed by atoms with Crippen LogP contribution in [0.3, 0.4) is 0 Å². The van der Waals surface area contributed by atoms with Crippen LogP contribution in [0, 0.1) is 17.8 Å². The summed E-state index contributed by atoms with van der Waals surface area (Å²) in [6, 6.07) is 0.532. The molecular formula is C21H38ClN3O2. The Labute approximate surface area is 170 Å². The molecule has 0 aromatic carbocycles. The molecule has 0 heterocycles. The molecule has 5 nitrogen and oxygen atoms in total. The molecule has 0 aliphatic heterocycles. The van der Waals surface area contributed by atoms with Gasteiger partial charge in [-0.05, 0) is 69.7 Å². The van der Waals surface area contributed by atoms with E-state index in [2.05, 4.69) is 10.6 Å². The summed E-state index contributed by atoms with van der Waals surface area (Å²) >= 11 is 0. The molecule has 0 saturated heterocycles. The molecule has 0 aromatic rings. The van der Waals surface area contributed by atoms with Crippen molar-refractivity contribution in [3.63, 3.8) is 0 Å². The summed E-state index contributed by atoms with van der Waals surface area (Å²) in [5.74, 6) is 1.59. The minimum absolute atomic E-state index is 0. The number of nitrogens with two attached hydrogens (primary N) is 1. The van der Waals surface area contributed by atoms with Crippen molar-refractivity contribution in [3.8, 4) is 0 Å². The van der Waals surface area contributed by atoms with Gasteiger partial charge in [-0.25, -0.2) is 0 Å². The molecule has 3 rings (SSSR count). The largest absolute Gasteiger partial charge is 0.353 e. The fraction of sp³-hybridized carbons (Fsp3) is 0.905. The standard InChI is InChI=1S/C21H37N3O2.ClH/c22-14-17-7-3-4-8-19(17)24-21(26)16-9-11-18(12-10-16)23-20(25)13-15-5-1-2-6-15;/h15-19H,1-14,22H2,(H,23,25)(H,24,26);1H. The second kappa shape index (κ2) is 11.3. The van der Waals surface area contributed by atoms with Crippen LogP contribution in [0.5, 0.6) is 0 Å². The molecule has 3 aliphatic rings. The molecule has 2 unspecified atom stereocenters. The Morgan fingerprint density at radius 2 is 1.44 bits per heavy atom. The van der Waals surface area contributed by atoms with Crippen molar-refractivity contribution in [1.82, 2.24) is 10.6 Å². The summed E-state index contributed by atoms with van der Waals surface area (Å²) in [4.78, 5) is 24.9. The van der Waals surface area contributed by atoms with Crippen LogP contribution in [-0.4, -0.2) is 30.4 Å². The molecule has 0 radical (unpaired) electrons. The highest BCUT2D eigenvalue weighted by atomic mass is 35.5. The van der Waals surface area contributed by atoms with Crippen molar-refractivity contribution in [2.45, 2.75) is 95.6 Å². The summed E-state index contributed by atoms with van der Waals surface area (Å²) in [6.07, 6.45) is 14.0. The monoisotopic (exact) mass is 399 g/mol. The lowest BCUT2D eigenvalue weighted by Gasteiger charge is -2.34. The van der Waals surface area contributed by atoms with Gasteiger partial charge in [0.25, 0.3) is 0 Å². The summed E-state index contributed by atoms with van der Waals surface area (Å²) in [7, 11) is 0. The molecule has 2 amide bonds. The number of hydrogen-bond donors (Lipinski definition) is 3. The van der Waals surface area contributed by atoms with Crippen molar-refractivity contribution < 1.29 is 9.59 Å². The molecule has 3 aliphatic carbocycles. The van der Waals surface area contributed by atoms with Crippen molar-refractivity contribution in [3.05, 3.63) is 0 Å². The lowest BCUT2D eigenvalue weighted by Crippen LogP contribution is -2.48. The van der Waals surface area contributed by atoms with Crippen LogP contribution < -0.4 is 16.4 Å². The maximum atomic E-state index is 12.6. The van der Waals surface area contributed by atoms with Crippen LogP contribution in [0.25, 0.3) is 0 Å². The van der Waals surface area contributed by atoms with E-state index in [1.54, 1.807) is 0 Å². The fourth-order valence-corrected chi connectivity index (χ4v) is 5.24. The zero-order valence-corrected chi connectivity index (χ0v) is 17.4. The van der Waals surface area contributed by atoms with Gasteiger partial charge in [-0.1, -0.05) is 25.7 Å². The Morgan fingerprint density at radius 3 is 2.11 bits per heavy atom. The van der Waals surface area contributed by atoms with Gasteiger partial charge in [0.15, 0.2) is 0 Å². The molecule has 6 heteroatoms. The predicted octanol–water partition coefficient (Wildman–Crippen LogP) is 3.30. The molecule has 156 valence electrons. The molecule has 2 atom stereocenters. The van der Waals surface area contributed by atoms with Gasteiger partial charge >= 0.3 is 0 Å². The smallest absolute Gasteiger partial charge is 0.223 e. The van der Waals surface area contributed by atoms with E-state index in [0.717, 1.165) is 38.5 Å². The third-order valence-corrected chi connectivity index (χ3v) is 6.95. The zero-order valence-electron chi connectivity index (χ0n) is 16.6. The Balaban J connectivity index is 0.00000261. The minimum Gasteiger partial charge on any atom is -0.353 e. The minimum atomic E-state index is 0. The van der Waals surface area contributed by atoms with Crippen LogP contribution in [0.2, 0.25) is 0 Å². The summed E-state index contributed by atoms with van der Waals surface area (Å²) in [5.41, 5.74) is 5.88. The maximum Gasteiger partial charge on any atom is 0.223 e. The van der Waals surface area contributed by atoms with Crippen molar-refractivity contribution in [2.75, 3.05) is 6.54 Å². The van der Waals surface area contributed by atoms with E-state index < -0.39 is 0 Å². The van der Waals surface area contributed by atoms with Crippen molar-refractivity contribution in [2.24, 2.45) is 23.5 Å². The third-order valence-electron chi connectivity index (χ3n) is 6.95. The molecule has 4 N–H and O–H groups in total. The highest BCUT2D eigenvalue weighted by Gasteiger charge is 2.31. The van der Waals surface area contributed by atoms with Crippen molar-refractivity contribution >= 4 is 24.2 Å². The molecule has 0 spiro atoms. The Morgan fingerprint density at radius 1 is 0.815 bits per heavy atom. The summed E-state index contributed by atoms with van der Waals surface area (Å²) in [6.45, 7) is 0.671. The van der Waals surface area contributed by atoms with E-state index in [9.17, 15) is 9.59 Å². The number of carbonyl (C=O) groups excluding carboxylic acids is 2. The first-order chi connectivity index (χ1) is 12.7. The average molecular weight is 400 g/mol. The van der Waals surface area contributed by atoms with E-state index in [1.807, 2.05) is 0 Å². The third kappa shape index (κ3) is 6.63. The Bertz CT molecular complexity index is 474. The number of nitrogens with one attached hydrogen (secondary N) is 2. The van der Waals surface area contributed by atoms with Crippen LogP contribution >= 0.6 is 12.4 Å². The second-order valence-corrected chi connectivity index (χ2v) is 8.87. The number of rotatable bonds is 6. The van der Waals surface area contributed by atoms with Gasteiger partial charge in [0, 0.05) is 24.4 Å².